The van der Waals surface area contributed by atoms with Gasteiger partial charge in [0.25, 0.3) is 0 Å². The van der Waals surface area contributed by atoms with E-state index in [2.05, 4.69) is 191 Å². The van der Waals surface area contributed by atoms with Crippen LogP contribution in [0.15, 0.2) is 182 Å². The van der Waals surface area contributed by atoms with Gasteiger partial charge in [0.15, 0.2) is 0 Å². The van der Waals surface area contributed by atoms with E-state index in [4.69, 9.17) is 9.97 Å². The summed E-state index contributed by atoms with van der Waals surface area (Å²) in [4.78, 5) is 11.0. The Kier molecular flexibility index (Phi) is 6.47. The number of aromatic nitrogens is 4. The van der Waals surface area contributed by atoms with Crippen LogP contribution in [0.4, 0.5) is 0 Å². The molecule has 0 aliphatic heterocycles. The first-order valence-electron chi connectivity index (χ1n) is 18.6. The number of benzene rings is 8. The SMILES string of the molecule is c1ccc(-c2nc(-n3c4ccccc4c4ccc(-c5ccc6c(c5)c5ccccc5n6-c5ccccc5)cc43)nc3c2ccc2sc4ccccc4c23)cc1. The zero-order valence-corrected chi connectivity index (χ0v) is 30.3. The molecule has 4 aromatic heterocycles. The summed E-state index contributed by atoms with van der Waals surface area (Å²) in [7, 11) is 0. The monoisotopic (exact) mass is 718 g/mol. The summed E-state index contributed by atoms with van der Waals surface area (Å²) in [5, 5.41) is 8.28. The van der Waals surface area contributed by atoms with Gasteiger partial charge in [-0.1, -0.05) is 121 Å². The van der Waals surface area contributed by atoms with E-state index in [-0.39, 0.29) is 0 Å². The highest BCUT2D eigenvalue weighted by Crippen LogP contribution is 2.42. The molecule has 4 nitrogen and oxygen atoms in total. The van der Waals surface area contributed by atoms with Gasteiger partial charge in [-0.15, -0.1) is 11.3 Å². The lowest BCUT2D eigenvalue weighted by Gasteiger charge is -2.13. The van der Waals surface area contributed by atoms with Gasteiger partial charge in [0.2, 0.25) is 5.95 Å². The summed E-state index contributed by atoms with van der Waals surface area (Å²) in [5.74, 6) is 0.666. The average Bonchev–Trinajstić information content (AvgIpc) is 3.91. The zero-order chi connectivity index (χ0) is 36.0. The number of hydrogen-bond acceptors (Lipinski definition) is 3. The van der Waals surface area contributed by atoms with Gasteiger partial charge >= 0.3 is 0 Å². The maximum Gasteiger partial charge on any atom is 0.235 e. The molecule has 0 atom stereocenters. The van der Waals surface area contributed by atoms with E-state index in [0.29, 0.717) is 5.95 Å². The third-order valence-corrected chi connectivity index (χ3v) is 12.3. The summed E-state index contributed by atoms with van der Waals surface area (Å²) in [6, 6.07) is 65.3. The smallest absolute Gasteiger partial charge is 0.235 e. The molecule has 0 saturated carbocycles. The first-order chi connectivity index (χ1) is 27.3. The molecule has 8 aromatic carbocycles. The van der Waals surface area contributed by atoms with Crippen molar-refractivity contribution in [2.75, 3.05) is 0 Å². The third-order valence-electron chi connectivity index (χ3n) is 11.1. The molecule has 0 aliphatic rings. The molecule has 0 fully saturated rings. The van der Waals surface area contributed by atoms with Gasteiger partial charge in [-0.3, -0.25) is 4.57 Å². The van der Waals surface area contributed by atoms with Gasteiger partial charge in [-0.05, 0) is 71.8 Å². The summed E-state index contributed by atoms with van der Waals surface area (Å²) >= 11 is 1.82. The Labute approximate surface area is 319 Å². The number of hydrogen-bond donors (Lipinski definition) is 0. The average molecular weight is 719 g/mol. The van der Waals surface area contributed by atoms with Crippen LogP contribution in [-0.4, -0.2) is 19.1 Å². The van der Waals surface area contributed by atoms with Crippen LogP contribution >= 0.6 is 11.3 Å². The molecule has 12 aromatic rings. The molecule has 55 heavy (non-hydrogen) atoms. The molecule has 0 N–H and O–H groups in total. The minimum absolute atomic E-state index is 0.666. The first kappa shape index (κ1) is 30.4. The molecular weight excluding hydrogens is 689 g/mol. The minimum atomic E-state index is 0.666. The van der Waals surface area contributed by atoms with Crippen LogP contribution in [0.2, 0.25) is 0 Å². The summed E-state index contributed by atoms with van der Waals surface area (Å²) in [6.45, 7) is 0. The van der Waals surface area contributed by atoms with Gasteiger partial charge < -0.3 is 4.57 Å². The molecule has 12 rings (SSSR count). The highest BCUT2D eigenvalue weighted by molar-refractivity contribution is 7.26. The van der Waals surface area contributed by atoms with Crippen molar-refractivity contribution in [3.8, 4) is 34.0 Å². The lowest BCUT2D eigenvalue weighted by Crippen LogP contribution is -2.03. The number of thiophene rings is 1. The Morgan fingerprint density at radius 2 is 0.964 bits per heavy atom. The molecule has 256 valence electrons. The second-order valence-corrected chi connectivity index (χ2v) is 15.3. The lowest BCUT2D eigenvalue weighted by molar-refractivity contribution is 1.02. The number of para-hydroxylation sites is 3. The van der Waals surface area contributed by atoms with E-state index in [1.807, 2.05) is 11.3 Å². The van der Waals surface area contributed by atoms with Crippen molar-refractivity contribution in [2.24, 2.45) is 0 Å². The first-order valence-corrected chi connectivity index (χ1v) is 19.4. The lowest BCUT2D eigenvalue weighted by atomic mass is 10.0. The molecule has 4 heterocycles. The fourth-order valence-corrected chi connectivity index (χ4v) is 9.79. The maximum atomic E-state index is 5.52. The molecule has 0 radical (unpaired) electrons. The Balaban J connectivity index is 1.13. The molecular formula is C50H30N4S. The normalized spacial score (nSPS) is 12.0. The van der Waals surface area contributed by atoms with Crippen LogP contribution in [0.25, 0.3) is 109 Å². The standard InChI is InChI=1S/C50H30N4S/c1-3-13-31(14-4-1)48-39-26-28-46-47(38-19-9-12-22-45(38)55-46)49(39)52-50(51-48)54-42-21-11-7-17-35(42)37-25-23-33(30-44(37)54)32-24-27-43-40(29-32)36-18-8-10-20-41(36)53(43)34-15-5-2-6-16-34/h1-30H. The maximum absolute atomic E-state index is 5.52. The van der Waals surface area contributed by atoms with Crippen LogP contribution in [0, 0.1) is 0 Å². The molecule has 0 bridgehead atoms. The zero-order valence-electron chi connectivity index (χ0n) is 29.5. The topological polar surface area (TPSA) is 35.6 Å². The van der Waals surface area contributed by atoms with E-state index in [1.165, 1.54) is 52.8 Å². The number of nitrogens with zero attached hydrogens (tertiary/aromatic N) is 4. The van der Waals surface area contributed by atoms with Gasteiger partial charge in [-0.2, -0.15) is 0 Å². The van der Waals surface area contributed by atoms with Crippen LogP contribution in [0.1, 0.15) is 0 Å². The molecule has 5 heteroatoms. The van der Waals surface area contributed by atoms with Gasteiger partial charge in [-0.25, -0.2) is 9.97 Å². The van der Waals surface area contributed by atoms with Crippen molar-refractivity contribution in [3.05, 3.63) is 182 Å². The molecule has 0 aliphatic carbocycles. The van der Waals surface area contributed by atoms with Gasteiger partial charge in [0.1, 0.15) is 0 Å². The van der Waals surface area contributed by atoms with Crippen molar-refractivity contribution in [1.82, 2.24) is 19.1 Å². The van der Waals surface area contributed by atoms with Crippen LogP contribution in [0.3, 0.4) is 0 Å². The number of fused-ring (bicyclic) bond motifs is 11. The van der Waals surface area contributed by atoms with Gasteiger partial charge in [0, 0.05) is 58.4 Å². The quantitative estimate of drug-likeness (QED) is 0.182. The Bertz CT molecular complexity index is 3480. The van der Waals surface area contributed by atoms with Gasteiger partial charge in [0.05, 0.1) is 33.3 Å². The predicted molar refractivity (Wildman–Crippen MR) is 232 cm³/mol. The fraction of sp³-hybridized carbons (Fsp3) is 0. The second-order valence-electron chi connectivity index (χ2n) is 14.2. The second kappa shape index (κ2) is 11.7. The molecule has 0 amide bonds. The van der Waals surface area contributed by atoms with E-state index < -0.39 is 0 Å². The van der Waals surface area contributed by atoms with Crippen molar-refractivity contribution < 1.29 is 0 Å². The Morgan fingerprint density at radius 1 is 0.364 bits per heavy atom. The predicted octanol–water partition coefficient (Wildman–Crippen LogP) is 13.5. The Morgan fingerprint density at radius 3 is 1.78 bits per heavy atom. The molecule has 0 unspecified atom stereocenters. The Hall–Kier alpha value is -7.08. The highest BCUT2D eigenvalue weighted by Gasteiger charge is 2.21. The van der Waals surface area contributed by atoms with Crippen molar-refractivity contribution >= 4 is 86.0 Å². The molecule has 0 saturated heterocycles. The van der Waals surface area contributed by atoms with Crippen LogP contribution in [0.5, 0.6) is 0 Å². The minimum Gasteiger partial charge on any atom is -0.309 e. The van der Waals surface area contributed by atoms with Crippen LogP contribution < -0.4 is 0 Å². The van der Waals surface area contributed by atoms with E-state index in [1.54, 1.807) is 0 Å². The fourth-order valence-electron chi connectivity index (χ4n) is 8.68. The summed E-state index contributed by atoms with van der Waals surface area (Å²) < 4.78 is 7.13. The third kappa shape index (κ3) is 4.51. The molecule has 0 spiro atoms. The van der Waals surface area contributed by atoms with Crippen molar-refractivity contribution in [1.29, 1.82) is 0 Å². The van der Waals surface area contributed by atoms with E-state index in [0.717, 1.165) is 50.0 Å². The van der Waals surface area contributed by atoms with Crippen molar-refractivity contribution in [2.45, 2.75) is 0 Å². The van der Waals surface area contributed by atoms with Crippen LogP contribution in [-0.2, 0) is 0 Å². The summed E-state index contributed by atoms with van der Waals surface area (Å²) in [6.07, 6.45) is 0. The summed E-state index contributed by atoms with van der Waals surface area (Å²) in [5.41, 5.74) is 11.0. The highest BCUT2D eigenvalue weighted by atomic mass is 32.1. The largest absolute Gasteiger partial charge is 0.309 e. The number of rotatable bonds is 4. The van der Waals surface area contributed by atoms with E-state index >= 15 is 0 Å². The van der Waals surface area contributed by atoms with E-state index in [9.17, 15) is 0 Å². The van der Waals surface area contributed by atoms with Crippen molar-refractivity contribution in [3.63, 3.8) is 0 Å².